The zero-order chi connectivity index (χ0) is 18.5. The van der Waals surface area contributed by atoms with Crippen molar-refractivity contribution < 1.29 is 9.59 Å². The number of aromatic nitrogens is 2. The summed E-state index contributed by atoms with van der Waals surface area (Å²) >= 11 is 1.58. The third kappa shape index (κ3) is 4.52. The maximum Gasteiger partial charge on any atom is 0.313 e. The fourth-order valence-corrected chi connectivity index (χ4v) is 2.98. The van der Waals surface area contributed by atoms with E-state index in [1.54, 1.807) is 29.5 Å². The van der Waals surface area contributed by atoms with Gasteiger partial charge in [-0.1, -0.05) is 18.2 Å². The Morgan fingerprint density at radius 2 is 1.77 bits per heavy atom. The van der Waals surface area contributed by atoms with E-state index < -0.39 is 11.8 Å². The van der Waals surface area contributed by atoms with Crippen LogP contribution in [0.4, 0.5) is 5.69 Å². The maximum atomic E-state index is 12.0. The van der Waals surface area contributed by atoms with Gasteiger partial charge in [-0.05, 0) is 38.1 Å². The molecular formula is C19H18N4O2S. The molecule has 2 amide bonds. The molecule has 3 rings (SSSR count). The van der Waals surface area contributed by atoms with Gasteiger partial charge < -0.3 is 10.6 Å². The zero-order valence-electron chi connectivity index (χ0n) is 14.4. The largest absolute Gasteiger partial charge is 0.342 e. The number of aryl methyl sites for hydroxylation is 2. The molecule has 0 aliphatic rings. The van der Waals surface area contributed by atoms with Gasteiger partial charge in [-0.25, -0.2) is 4.98 Å². The van der Waals surface area contributed by atoms with Gasteiger partial charge in [0, 0.05) is 22.3 Å². The number of anilines is 1. The lowest BCUT2D eigenvalue weighted by Gasteiger charge is -2.07. The summed E-state index contributed by atoms with van der Waals surface area (Å²) in [5.74, 6) is -1.41. The van der Waals surface area contributed by atoms with Gasteiger partial charge in [0.15, 0.2) is 0 Å². The third-order valence-corrected chi connectivity index (χ3v) is 4.41. The van der Waals surface area contributed by atoms with E-state index in [-0.39, 0.29) is 6.54 Å². The molecule has 0 atom stereocenters. The topological polar surface area (TPSA) is 84.0 Å². The standard InChI is InChI=1S/C19H18N4O2S/c1-12-4-3-5-16(21-12)10-20-18(24)19(25)23-15-8-6-14(7-9-15)17-11-26-13(2)22-17/h3-9,11H,10H2,1-2H3,(H,20,24)(H,23,25). The van der Waals surface area contributed by atoms with E-state index in [1.165, 1.54) is 0 Å². The summed E-state index contributed by atoms with van der Waals surface area (Å²) in [5, 5.41) is 8.13. The minimum Gasteiger partial charge on any atom is -0.342 e. The molecule has 0 saturated heterocycles. The van der Waals surface area contributed by atoms with Crippen LogP contribution in [0.15, 0.2) is 47.8 Å². The van der Waals surface area contributed by atoms with E-state index >= 15 is 0 Å². The molecule has 2 N–H and O–H groups in total. The molecule has 0 fully saturated rings. The Bertz CT molecular complexity index is 935. The molecule has 0 radical (unpaired) electrons. The molecule has 7 heteroatoms. The normalized spacial score (nSPS) is 10.4. The minimum atomic E-state index is -0.713. The third-order valence-electron chi connectivity index (χ3n) is 3.64. The summed E-state index contributed by atoms with van der Waals surface area (Å²) in [4.78, 5) is 32.6. The van der Waals surface area contributed by atoms with Gasteiger partial charge in [-0.15, -0.1) is 11.3 Å². The predicted molar refractivity (Wildman–Crippen MR) is 102 cm³/mol. The van der Waals surface area contributed by atoms with E-state index in [9.17, 15) is 9.59 Å². The second-order valence-corrected chi connectivity index (χ2v) is 6.80. The predicted octanol–water partition coefficient (Wildman–Crippen LogP) is 3.08. The molecule has 0 aliphatic carbocycles. The summed E-state index contributed by atoms with van der Waals surface area (Å²) in [7, 11) is 0. The van der Waals surface area contributed by atoms with Crippen LogP contribution in [0.25, 0.3) is 11.3 Å². The lowest BCUT2D eigenvalue weighted by Crippen LogP contribution is -2.35. The molecule has 0 spiro atoms. The Hall–Kier alpha value is -3.06. The Morgan fingerprint density at radius 1 is 1.00 bits per heavy atom. The van der Waals surface area contributed by atoms with E-state index in [1.807, 2.05) is 43.5 Å². The van der Waals surface area contributed by atoms with Crippen molar-refractivity contribution in [2.45, 2.75) is 20.4 Å². The molecule has 6 nitrogen and oxygen atoms in total. The van der Waals surface area contributed by atoms with Crippen molar-refractivity contribution in [2.75, 3.05) is 5.32 Å². The van der Waals surface area contributed by atoms with Crippen molar-refractivity contribution in [3.63, 3.8) is 0 Å². The number of carbonyl (C=O) groups excluding carboxylic acids is 2. The average molecular weight is 366 g/mol. The van der Waals surface area contributed by atoms with E-state index in [4.69, 9.17) is 0 Å². The molecule has 132 valence electrons. The van der Waals surface area contributed by atoms with Crippen LogP contribution in [-0.2, 0) is 16.1 Å². The number of carbonyl (C=O) groups is 2. The first-order valence-electron chi connectivity index (χ1n) is 8.05. The van der Waals surface area contributed by atoms with Crippen molar-refractivity contribution >= 4 is 28.8 Å². The van der Waals surface area contributed by atoms with Gasteiger partial charge in [-0.3, -0.25) is 14.6 Å². The number of rotatable bonds is 4. The van der Waals surface area contributed by atoms with Crippen LogP contribution < -0.4 is 10.6 Å². The van der Waals surface area contributed by atoms with Gasteiger partial charge in [0.25, 0.3) is 0 Å². The first-order valence-corrected chi connectivity index (χ1v) is 8.93. The van der Waals surface area contributed by atoms with Crippen LogP contribution in [0.5, 0.6) is 0 Å². The number of hydrogen-bond donors (Lipinski definition) is 2. The first-order chi connectivity index (χ1) is 12.5. The van der Waals surface area contributed by atoms with E-state index in [0.29, 0.717) is 11.4 Å². The fraction of sp³-hybridized carbons (Fsp3) is 0.158. The number of nitrogens with zero attached hydrogens (tertiary/aromatic N) is 2. The molecule has 3 aromatic rings. The summed E-state index contributed by atoms with van der Waals surface area (Å²) in [5.41, 5.74) is 3.97. The second kappa shape index (κ2) is 7.88. The van der Waals surface area contributed by atoms with Crippen LogP contribution in [0.2, 0.25) is 0 Å². The summed E-state index contributed by atoms with van der Waals surface area (Å²) < 4.78 is 0. The molecule has 0 unspecified atom stereocenters. The monoisotopic (exact) mass is 366 g/mol. The van der Waals surface area contributed by atoms with E-state index in [2.05, 4.69) is 20.6 Å². The summed E-state index contributed by atoms with van der Waals surface area (Å²) in [6, 6.07) is 12.7. The number of benzene rings is 1. The lowest BCUT2D eigenvalue weighted by atomic mass is 10.1. The van der Waals surface area contributed by atoms with Crippen molar-refractivity contribution in [3.05, 3.63) is 64.2 Å². The van der Waals surface area contributed by atoms with Crippen LogP contribution >= 0.6 is 11.3 Å². The number of pyridine rings is 1. The van der Waals surface area contributed by atoms with Gasteiger partial charge in [0.05, 0.1) is 22.9 Å². The molecule has 2 heterocycles. The van der Waals surface area contributed by atoms with Crippen molar-refractivity contribution in [3.8, 4) is 11.3 Å². The van der Waals surface area contributed by atoms with Gasteiger partial charge in [0.1, 0.15) is 0 Å². The SMILES string of the molecule is Cc1cccc(CNC(=O)C(=O)Nc2ccc(-c3csc(C)n3)cc2)n1. The van der Waals surface area contributed by atoms with Crippen LogP contribution in [0, 0.1) is 13.8 Å². The van der Waals surface area contributed by atoms with Crippen molar-refractivity contribution in [2.24, 2.45) is 0 Å². The molecular weight excluding hydrogens is 348 g/mol. The van der Waals surface area contributed by atoms with E-state index in [0.717, 1.165) is 22.0 Å². The van der Waals surface area contributed by atoms with Crippen LogP contribution in [-0.4, -0.2) is 21.8 Å². The fourth-order valence-electron chi connectivity index (χ4n) is 2.36. The molecule has 0 saturated carbocycles. The Kier molecular flexibility index (Phi) is 5.38. The Balaban J connectivity index is 1.56. The molecule has 2 aromatic heterocycles. The molecule has 1 aromatic carbocycles. The van der Waals surface area contributed by atoms with Gasteiger partial charge >= 0.3 is 11.8 Å². The quantitative estimate of drug-likeness (QED) is 0.695. The average Bonchev–Trinajstić information content (AvgIpc) is 3.07. The highest BCUT2D eigenvalue weighted by molar-refractivity contribution is 7.09. The van der Waals surface area contributed by atoms with Gasteiger partial charge in [-0.2, -0.15) is 0 Å². The van der Waals surface area contributed by atoms with Gasteiger partial charge in [0.2, 0.25) is 0 Å². The van der Waals surface area contributed by atoms with Crippen molar-refractivity contribution in [1.82, 2.24) is 15.3 Å². The first kappa shape index (κ1) is 17.8. The Labute approximate surface area is 155 Å². The highest BCUT2D eigenvalue weighted by Crippen LogP contribution is 2.23. The summed E-state index contributed by atoms with van der Waals surface area (Å²) in [6.07, 6.45) is 0. The number of amides is 2. The highest BCUT2D eigenvalue weighted by atomic mass is 32.1. The molecule has 26 heavy (non-hydrogen) atoms. The minimum absolute atomic E-state index is 0.204. The second-order valence-electron chi connectivity index (χ2n) is 5.74. The zero-order valence-corrected chi connectivity index (χ0v) is 15.3. The molecule has 0 bridgehead atoms. The van der Waals surface area contributed by atoms with Crippen LogP contribution in [0.1, 0.15) is 16.4 Å². The van der Waals surface area contributed by atoms with Crippen molar-refractivity contribution in [1.29, 1.82) is 0 Å². The lowest BCUT2D eigenvalue weighted by molar-refractivity contribution is -0.136. The summed E-state index contributed by atoms with van der Waals surface area (Å²) in [6.45, 7) is 4.03. The number of thiazole rings is 1. The number of nitrogens with one attached hydrogen (secondary N) is 2. The smallest absolute Gasteiger partial charge is 0.313 e. The maximum absolute atomic E-state index is 12.0. The highest BCUT2D eigenvalue weighted by Gasteiger charge is 2.13. The number of hydrogen-bond acceptors (Lipinski definition) is 5. The molecule has 0 aliphatic heterocycles. The Morgan fingerprint density at radius 3 is 2.42 bits per heavy atom. The van der Waals surface area contributed by atoms with Crippen LogP contribution in [0.3, 0.4) is 0 Å².